The first-order valence-electron chi connectivity index (χ1n) is 7.81. The summed E-state index contributed by atoms with van der Waals surface area (Å²) in [5.41, 5.74) is 0. The molecule has 126 valence electrons. The van der Waals surface area contributed by atoms with E-state index in [-0.39, 0.29) is 11.9 Å². The molecular weight excluding hydrogens is 294 g/mol. The van der Waals surface area contributed by atoms with Crippen molar-refractivity contribution in [3.63, 3.8) is 0 Å². The Morgan fingerprint density at radius 2 is 1.68 bits per heavy atom. The van der Waals surface area contributed by atoms with Crippen LogP contribution in [0.2, 0.25) is 0 Å². The van der Waals surface area contributed by atoms with Crippen molar-refractivity contribution in [1.29, 1.82) is 0 Å². The van der Waals surface area contributed by atoms with Crippen molar-refractivity contribution in [3.8, 4) is 0 Å². The Bertz CT molecular complexity index is 421. The maximum absolute atomic E-state index is 13.2. The highest BCUT2D eigenvalue weighted by Gasteiger charge is 2.44. The third-order valence-corrected chi connectivity index (χ3v) is 4.30. The number of piperazine rings is 1. The summed E-state index contributed by atoms with van der Waals surface area (Å²) >= 11 is 0. The molecule has 22 heavy (non-hydrogen) atoms. The number of carbonyl (C=O) groups is 2. The highest BCUT2D eigenvalue weighted by molar-refractivity contribution is 5.83. The molecule has 6 nitrogen and oxygen atoms in total. The molecule has 2 aliphatic heterocycles. The Morgan fingerprint density at radius 3 is 2.14 bits per heavy atom. The highest BCUT2D eigenvalue weighted by Crippen LogP contribution is 2.26. The second-order valence-electron chi connectivity index (χ2n) is 5.76. The molecule has 1 N–H and O–H groups in total. The number of alkyl halides is 2. The number of hydrogen-bond donors (Lipinski definition) is 1. The maximum atomic E-state index is 13.2. The van der Waals surface area contributed by atoms with Gasteiger partial charge in [0.15, 0.2) is 0 Å². The van der Waals surface area contributed by atoms with Crippen molar-refractivity contribution in [3.05, 3.63) is 0 Å². The van der Waals surface area contributed by atoms with Gasteiger partial charge in [-0.25, -0.2) is 13.6 Å². The van der Waals surface area contributed by atoms with Gasteiger partial charge in [-0.2, -0.15) is 0 Å². The number of halogens is 2. The van der Waals surface area contributed by atoms with E-state index in [1.807, 2.05) is 13.8 Å². The summed E-state index contributed by atoms with van der Waals surface area (Å²) in [4.78, 5) is 29.5. The Labute approximate surface area is 129 Å². The zero-order chi connectivity index (χ0) is 16.3. The van der Waals surface area contributed by atoms with Crippen LogP contribution in [0, 0.1) is 0 Å². The summed E-state index contributed by atoms with van der Waals surface area (Å²) < 4.78 is 26.3. The van der Waals surface area contributed by atoms with E-state index in [1.165, 1.54) is 0 Å². The van der Waals surface area contributed by atoms with Gasteiger partial charge >= 0.3 is 6.03 Å². The zero-order valence-corrected chi connectivity index (χ0v) is 13.1. The molecule has 0 saturated carbocycles. The Hall–Kier alpha value is -1.44. The van der Waals surface area contributed by atoms with Crippen molar-refractivity contribution < 1.29 is 18.4 Å². The minimum absolute atomic E-state index is 0.0253. The predicted octanol–water partition coefficient (Wildman–Crippen LogP) is 0.590. The fourth-order valence-electron chi connectivity index (χ4n) is 2.92. The molecule has 0 radical (unpaired) electrons. The van der Waals surface area contributed by atoms with Crippen LogP contribution >= 0.6 is 0 Å². The van der Waals surface area contributed by atoms with Crippen LogP contribution in [0.25, 0.3) is 0 Å². The van der Waals surface area contributed by atoms with Crippen LogP contribution in [-0.4, -0.2) is 84.4 Å². The molecular formula is C14H24F2N4O2. The molecule has 0 aromatic heterocycles. The van der Waals surface area contributed by atoms with Gasteiger partial charge in [0, 0.05) is 45.7 Å². The summed E-state index contributed by atoms with van der Waals surface area (Å²) in [5.74, 6) is -3.09. The molecule has 2 saturated heterocycles. The topological polar surface area (TPSA) is 55.9 Å². The summed E-state index contributed by atoms with van der Waals surface area (Å²) in [7, 11) is 0. The average Bonchev–Trinajstić information content (AvgIpc) is 2.88. The van der Waals surface area contributed by atoms with Gasteiger partial charge < -0.3 is 14.7 Å². The second-order valence-corrected chi connectivity index (χ2v) is 5.76. The number of nitrogens with one attached hydrogen (secondary N) is 1. The molecule has 1 atom stereocenters. The Kier molecular flexibility index (Phi) is 5.20. The van der Waals surface area contributed by atoms with E-state index >= 15 is 0 Å². The summed E-state index contributed by atoms with van der Waals surface area (Å²) in [6.45, 7) is 6.40. The molecule has 0 aliphatic carbocycles. The van der Waals surface area contributed by atoms with E-state index in [4.69, 9.17) is 0 Å². The SMILES string of the molecule is CCN(CC)C(=O)N1CCN(C(=O)C2CC(F)(F)CN2)CC1. The van der Waals surface area contributed by atoms with Crippen molar-refractivity contribution in [1.82, 2.24) is 20.0 Å². The van der Waals surface area contributed by atoms with Gasteiger partial charge in [0.1, 0.15) is 0 Å². The van der Waals surface area contributed by atoms with E-state index in [2.05, 4.69) is 5.32 Å². The lowest BCUT2D eigenvalue weighted by atomic mass is 10.1. The largest absolute Gasteiger partial charge is 0.338 e. The fraction of sp³-hybridized carbons (Fsp3) is 0.857. The van der Waals surface area contributed by atoms with E-state index < -0.39 is 24.9 Å². The van der Waals surface area contributed by atoms with Crippen LogP contribution in [-0.2, 0) is 4.79 Å². The zero-order valence-electron chi connectivity index (χ0n) is 13.1. The molecule has 1 unspecified atom stereocenters. The van der Waals surface area contributed by atoms with Gasteiger partial charge in [0.05, 0.1) is 12.6 Å². The molecule has 0 aromatic rings. The minimum atomic E-state index is -2.80. The van der Waals surface area contributed by atoms with Crippen molar-refractivity contribution in [2.75, 3.05) is 45.8 Å². The third-order valence-electron chi connectivity index (χ3n) is 4.30. The molecule has 0 aromatic carbocycles. The highest BCUT2D eigenvalue weighted by atomic mass is 19.3. The molecule has 8 heteroatoms. The minimum Gasteiger partial charge on any atom is -0.338 e. The van der Waals surface area contributed by atoms with Crippen LogP contribution in [0.3, 0.4) is 0 Å². The molecule has 2 aliphatic rings. The number of hydrogen-bond acceptors (Lipinski definition) is 3. The molecule has 2 fully saturated rings. The second kappa shape index (κ2) is 6.76. The summed E-state index contributed by atoms with van der Waals surface area (Å²) in [6.07, 6.45) is -0.440. The van der Waals surface area contributed by atoms with Gasteiger partial charge in [-0.05, 0) is 13.8 Å². The predicted molar refractivity (Wildman–Crippen MR) is 77.8 cm³/mol. The number of urea groups is 1. The van der Waals surface area contributed by atoms with Gasteiger partial charge in [-0.15, -0.1) is 0 Å². The van der Waals surface area contributed by atoms with Gasteiger partial charge in [-0.3, -0.25) is 10.1 Å². The van der Waals surface area contributed by atoms with Crippen molar-refractivity contribution >= 4 is 11.9 Å². The monoisotopic (exact) mass is 318 g/mol. The van der Waals surface area contributed by atoms with E-state index in [0.717, 1.165) is 0 Å². The van der Waals surface area contributed by atoms with Gasteiger partial charge in [-0.1, -0.05) is 0 Å². The summed E-state index contributed by atoms with van der Waals surface area (Å²) in [6, 6.07) is -0.831. The van der Waals surface area contributed by atoms with E-state index in [9.17, 15) is 18.4 Å². The Morgan fingerprint density at radius 1 is 1.14 bits per heavy atom. The van der Waals surface area contributed by atoms with Gasteiger partial charge in [0.25, 0.3) is 5.92 Å². The lowest BCUT2D eigenvalue weighted by molar-refractivity contribution is -0.135. The lowest BCUT2D eigenvalue weighted by Crippen LogP contribution is -2.56. The number of rotatable bonds is 3. The maximum Gasteiger partial charge on any atom is 0.320 e. The van der Waals surface area contributed by atoms with Crippen molar-refractivity contribution in [2.24, 2.45) is 0 Å². The number of nitrogens with zero attached hydrogens (tertiary/aromatic N) is 3. The van der Waals surface area contributed by atoms with Crippen LogP contribution in [0.15, 0.2) is 0 Å². The third kappa shape index (κ3) is 3.66. The average molecular weight is 318 g/mol. The molecule has 2 rings (SSSR count). The number of carbonyl (C=O) groups excluding carboxylic acids is 2. The summed E-state index contributed by atoms with van der Waals surface area (Å²) in [5, 5.41) is 2.58. The number of amides is 3. The van der Waals surface area contributed by atoms with Crippen LogP contribution in [0.1, 0.15) is 20.3 Å². The normalized spacial score (nSPS) is 24.5. The van der Waals surface area contributed by atoms with Crippen LogP contribution < -0.4 is 5.32 Å². The quantitative estimate of drug-likeness (QED) is 0.829. The fourth-order valence-corrected chi connectivity index (χ4v) is 2.92. The smallest absolute Gasteiger partial charge is 0.320 e. The van der Waals surface area contributed by atoms with Crippen molar-refractivity contribution in [2.45, 2.75) is 32.2 Å². The molecule has 0 bridgehead atoms. The first-order valence-corrected chi connectivity index (χ1v) is 7.81. The van der Waals surface area contributed by atoms with E-state index in [1.54, 1.807) is 14.7 Å². The van der Waals surface area contributed by atoms with E-state index in [0.29, 0.717) is 39.3 Å². The Balaban J connectivity index is 1.84. The first kappa shape index (κ1) is 16.9. The van der Waals surface area contributed by atoms with Gasteiger partial charge in [0.2, 0.25) is 5.91 Å². The standard InChI is InChI=1S/C14H24F2N4O2/c1-3-18(4-2)13(22)20-7-5-19(6-8-20)12(21)11-9-14(15,16)10-17-11/h11,17H,3-10H2,1-2H3. The van der Waals surface area contributed by atoms with Crippen LogP contribution in [0.4, 0.5) is 13.6 Å². The first-order chi connectivity index (χ1) is 10.4. The molecule has 3 amide bonds. The van der Waals surface area contributed by atoms with Crippen LogP contribution in [0.5, 0.6) is 0 Å². The molecule has 0 spiro atoms. The lowest BCUT2D eigenvalue weighted by Gasteiger charge is -2.38. The molecule has 2 heterocycles.